The molecule has 1 atom stereocenters. The molecule has 5 nitrogen and oxygen atoms in total. The Labute approximate surface area is 117 Å². The van der Waals surface area contributed by atoms with Crippen molar-refractivity contribution in [3.63, 3.8) is 0 Å². The Balaban J connectivity index is 1.82. The summed E-state index contributed by atoms with van der Waals surface area (Å²) >= 11 is 0. The molecule has 5 heteroatoms. The topological polar surface area (TPSA) is 58.4 Å². The van der Waals surface area contributed by atoms with E-state index in [4.69, 9.17) is 0 Å². The zero-order valence-corrected chi connectivity index (χ0v) is 11.4. The largest absolute Gasteiger partial charge is 0.480 e. The Bertz CT molecular complexity index is 636. The van der Waals surface area contributed by atoms with Gasteiger partial charge in [0.25, 0.3) is 0 Å². The van der Waals surface area contributed by atoms with Crippen LogP contribution in [0, 0.1) is 0 Å². The van der Waals surface area contributed by atoms with Crippen LogP contribution < -0.4 is 4.90 Å². The van der Waals surface area contributed by atoms with Gasteiger partial charge in [0.05, 0.1) is 0 Å². The minimum atomic E-state index is -0.763. The molecule has 1 unspecified atom stereocenters. The Morgan fingerprint density at radius 1 is 1.45 bits per heavy atom. The van der Waals surface area contributed by atoms with E-state index in [1.165, 1.54) is 0 Å². The van der Waals surface area contributed by atoms with Crippen molar-refractivity contribution in [1.29, 1.82) is 0 Å². The maximum Gasteiger partial charge on any atom is 0.326 e. The molecule has 0 aliphatic carbocycles. The van der Waals surface area contributed by atoms with Crippen molar-refractivity contribution in [3.8, 4) is 0 Å². The predicted molar refractivity (Wildman–Crippen MR) is 75.8 cm³/mol. The summed E-state index contributed by atoms with van der Waals surface area (Å²) in [5.74, 6) is 0.208. The van der Waals surface area contributed by atoms with Gasteiger partial charge < -0.3 is 14.6 Å². The molecule has 3 rings (SSSR count). The lowest BCUT2D eigenvalue weighted by molar-refractivity contribution is -0.138. The first-order chi connectivity index (χ1) is 9.66. The lowest BCUT2D eigenvalue weighted by Gasteiger charge is -2.24. The van der Waals surface area contributed by atoms with Gasteiger partial charge in [-0.1, -0.05) is 18.2 Å². The van der Waals surface area contributed by atoms with Gasteiger partial charge in [-0.2, -0.15) is 0 Å². The van der Waals surface area contributed by atoms with Crippen LogP contribution in [0.15, 0.2) is 36.7 Å². The number of nitrogens with zero attached hydrogens (tertiary/aromatic N) is 3. The standard InChI is InChI=1S/C15H17N3O2/c1-17-9-7-16-14(17)6-8-18-12-5-3-2-4-11(12)10-13(18)15(19)20/h2-5,7,9,13H,6,8,10H2,1H3,(H,19,20). The summed E-state index contributed by atoms with van der Waals surface area (Å²) in [4.78, 5) is 17.7. The van der Waals surface area contributed by atoms with Gasteiger partial charge in [-0.3, -0.25) is 0 Å². The van der Waals surface area contributed by atoms with Gasteiger partial charge >= 0.3 is 5.97 Å². The van der Waals surface area contributed by atoms with Crippen molar-refractivity contribution in [2.45, 2.75) is 18.9 Å². The number of fused-ring (bicyclic) bond motifs is 1. The van der Waals surface area contributed by atoms with Crippen LogP contribution in [0.4, 0.5) is 5.69 Å². The number of aliphatic carboxylic acids is 1. The van der Waals surface area contributed by atoms with Crippen LogP contribution in [0.25, 0.3) is 0 Å². The summed E-state index contributed by atoms with van der Waals surface area (Å²) in [6.45, 7) is 0.666. The van der Waals surface area contributed by atoms with Gasteiger partial charge in [0.1, 0.15) is 11.9 Å². The van der Waals surface area contributed by atoms with E-state index in [1.807, 2.05) is 47.0 Å². The molecule has 0 amide bonds. The van der Waals surface area contributed by atoms with Crippen molar-refractivity contribution >= 4 is 11.7 Å². The van der Waals surface area contributed by atoms with Crippen LogP contribution in [0.5, 0.6) is 0 Å². The molecule has 0 saturated carbocycles. The highest BCUT2D eigenvalue weighted by molar-refractivity contribution is 5.82. The summed E-state index contributed by atoms with van der Waals surface area (Å²) < 4.78 is 1.97. The first kappa shape index (κ1) is 12.7. The molecule has 1 N–H and O–H groups in total. The maximum absolute atomic E-state index is 11.4. The van der Waals surface area contributed by atoms with E-state index in [1.54, 1.807) is 6.20 Å². The molecule has 0 bridgehead atoms. The fourth-order valence-corrected chi connectivity index (χ4v) is 2.80. The smallest absolute Gasteiger partial charge is 0.326 e. The number of benzene rings is 1. The van der Waals surface area contributed by atoms with Crippen LogP contribution in [0.1, 0.15) is 11.4 Å². The molecule has 1 aliphatic heterocycles. The number of carbonyl (C=O) groups is 1. The number of hydrogen-bond donors (Lipinski definition) is 1. The molecular formula is C15H17N3O2. The van der Waals surface area contributed by atoms with Gasteiger partial charge in [-0.15, -0.1) is 0 Å². The molecule has 0 fully saturated rings. The van der Waals surface area contributed by atoms with E-state index < -0.39 is 12.0 Å². The summed E-state index contributed by atoms with van der Waals surface area (Å²) in [6.07, 6.45) is 4.98. The van der Waals surface area contributed by atoms with Gasteiger partial charge in [0.15, 0.2) is 0 Å². The SMILES string of the molecule is Cn1ccnc1CCN1c2ccccc2CC1C(=O)O. The molecule has 0 saturated heterocycles. The third-order valence-electron chi connectivity index (χ3n) is 3.87. The Hall–Kier alpha value is -2.30. The van der Waals surface area contributed by atoms with E-state index in [0.29, 0.717) is 13.0 Å². The highest BCUT2D eigenvalue weighted by Crippen LogP contribution is 2.32. The molecular weight excluding hydrogens is 254 g/mol. The summed E-state index contributed by atoms with van der Waals surface area (Å²) in [7, 11) is 1.95. The lowest BCUT2D eigenvalue weighted by atomic mass is 10.1. The zero-order chi connectivity index (χ0) is 14.1. The first-order valence-corrected chi connectivity index (χ1v) is 6.70. The number of rotatable bonds is 4. The number of aryl methyl sites for hydroxylation is 1. The number of para-hydroxylation sites is 1. The Kier molecular flexibility index (Phi) is 3.18. The average Bonchev–Trinajstić information content (AvgIpc) is 3.00. The fourth-order valence-electron chi connectivity index (χ4n) is 2.80. The molecule has 2 heterocycles. The van der Waals surface area contributed by atoms with Crippen molar-refractivity contribution < 1.29 is 9.90 Å². The van der Waals surface area contributed by atoms with Gasteiger partial charge in [-0.25, -0.2) is 9.78 Å². The van der Waals surface area contributed by atoms with Crippen LogP contribution in [0.3, 0.4) is 0 Å². The number of carboxylic acids is 1. The summed E-state index contributed by atoms with van der Waals surface area (Å²) in [5, 5.41) is 9.41. The molecule has 0 spiro atoms. The van der Waals surface area contributed by atoms with E-state index >= 15 is 0 Å². The maximum atomic E-state index is 11.4. The highest BCUT2D eigenvalue weighted by Gasteiger charge is 2.33. The molecule has 0 radical (unpaired) electrons. The van der Waals surface area contributed by atoms with Crippen LogP contribution in [0.2, 0.25) is 0 Å². The Morgan fingerprint density at radius 2 is 2.25 bits per heavy atom. The van der Waals surface area contributed by atoms with E-state index in [9.17, 15) is 9.90 Å². The quantitative estimate of drug-likeness (QED) is 0.915. The number of hydrogen-bond acceptors (Lipinski definition) is 3. The second-order valence-corrected chi connectivity index (χ2v) is 5.08. The van der Waals surface area contributed by atoms with Gasteiger partial charge in [-0.05, 0) is 11.6 Å². The zero-order valence-electron chi connectivity index (χ0n) is 11.4. The highest BCUT2D eigenvalue weighted by atomic mass is 16.4. The number of imidazole rings is 1. The van der Waals surface area contributed by atoms with Crippen molar-refractivity contribution in [2.75, 3.05) is 11.4 Å². The van der Waals surface area contributed by atoms with Crippen molar-refractivity contribution in [2.24, 2.45) is 7.05 Å². The average molecular weight is 271 g/mol. The van der Waals surface area contributed by atoms with Crippen LogP contribution >= 0.6 is 0 Å². The van der Waals surface area contributed by atoms with Crippen LogP contribution in [-0.2, 0) is 24.7 Å². The number of carboxylic acid groups (broad SMARTS) is 1. The van der Waals surface area contributed by atoms with E-state index in [0.717, 1.165) is 23.5 Å². The molecule has 104 valence electrons. The third-order valence-corrected chi connectivity index (χ3v) is 3.87. The molecule has 1 aromatic heterocycles. The monoisotopic (exact) mass is 271 g/mol. The number of aromatic nitrogens is 2. The lowest BCUT2D eigenvalue weighted by Crippen LogP contribution is -2.40. The van der Waals surface area contributed by atoms with Crippen LogP contribution in [-0.4, -0.2) is 33.2 Å². The molecule has 2 aromatic rings. The normalized spacial score (nSPS) is 17.2. The van der Waals surface area contributed by atoms with E-state index in [2.05, 4.69) is 4.98 Å². The molecule has 20 heavy (non-hydrogen) atoms. The van der Waals surface area contributed by atoms with Gasteiger partial charge in [0, 0.05) is 44.5 Å². The minimum absolute atomic E-state index is 0.465. The third kappa shape index (κ3) is 2.15. The fraction of sp³-hybridized carbons (Fsp3) is 0.333. The molecule has 1 aromatic carbocycles. The van der Waals surface area contributed by atoms with Crippen molar-refractivity contribution in [1.82, 2.24) is 9.55 Å². The minimum Gasteiger partial charge on any atom is -0.480 e. The number of anilines is 1. The molecule has 1 aliphatic rings. The second kappa shape index (κ2) is 5.00. The van der Waals surface area contributed by atoms with Crippen molar-refractivity contribution in [3.05, 3.63) is 48.0 Å². The van der Waals surface area contributed by atoms with E-state index in [-0.39, 0.29) is 0 Å². The Morgan fingerprint density at radius 3 is 2.95 bits per heavy atom. The summed E-state index contributed by atoms with van der Waals surface area (Å²) in [6, 6.07) is 7.45. The van der Waals surface area contributed by atoms with Gasteiger partial charge in [0.2, 0.25) is 0 Å². The summed E-state index contributed by atoms with van der Waals surface area (Å²) in [5.41, 5.74) is 2.15. The first-order valence-electron chi connectivity index (χ1n) is 6.70. The predicted octanol–water partition coefficient (Wildman–Crippen LogP) is 1.48. The second-order valence-electron chi connectivity index (χ2n) is 5.08.